The molecule has 1 unspecified atom stereocenters. The average molecular weight is 727 g/mol. The Balaban J connectivity index is 0.00000583. The summed E-state index contributed by atoms with van der Waals surface area (Å²) in [5.74, 6) is -5.99. The van der Waals surface area contributed by atoms with Gasteiger partial charge in [0.15, 0.2) is 23.2 Å². The number of hydrogen-bond acceptors (Lipinski definition) is 10. The van der Waals surface area contributed by atoms with Crippen LogP contribution >= 0.6 is 0 Å². The summed E-state index contributed by atoms with van der Waals surface area (Å²) >= 11 is 0. The van der Waals surface area contributed by atoms with Gasteiger partial charge in [-0.2, -0.15) is 18.3 Å². The first-order valence-electron chi connectivity index (χ1n) is 14.9. The van der Waals surface area contributed by atoms with Crippen molar-refractivity contribution >= 4 is 47.4 Å². The molecule has 0 aliphatic carbocycles. The van der Waals surface area contributed by atoms with Crippen LogP contribution in [0.4, 0.5) is 22.0 Å². The number of carbonyl (C=O) groups excluding carboxylic acids is 2. The van der Waals surface area contributed by atoms with Crippen LogP contribution in [0, 0.1) is 11.6 Å². The summed E-state index contributed by atoms with van der Waals surface area (Å²) in [6.07, 6.45) is -2.35. The summed E-state index contributed by atoms with van der Waals surface area (Å²) in [6.45, 7) is 2.69. The molecule has 2 aliphatic heterocycles. The van der Waals surface area contributed by atoms with Gasteiger partial charge in [-0.1, -0.05) is 18.1 Å². The van der Waals surface area contributed by atoms with Crippen molar-refractivity contribution < 1.29 is 55.4 Å². The van der Waals surface area contributed by atoms with Crippen molar-refractivity contribution in [2.75, 3.05) is 13.2 Å². The Kier molecular flexibility index (Phi) is 12.5. The zero-order chi connectivity index (χ0) is 36.2. The Morgan fingerprint density at radius 1 is 1.02 bits per heavy atom. The van der Waals surface area contributed by atoms with Crippen LogP contribution in [0.15, 0.2) is 59.4 Å². The Bertz CT molecular complexity index is 2000. The molecule has 5 rings (SSSR count). The molecule has 1 amide bonds. The van der Waals surface area contributed by atoms with Crippen LogP contribution in [0.1, 0.15) is 44.1 Å². The number of alkyl halides is 3. The number of imidazole rings is 1. The van der Waals surface area contributed by atoms with Crippen molar-refractivity contribution in [3.8, 4) is 39.8 Å². The second-order valence-electron chi connectivity index (χ2n) is 10.8. The maximum atomic E-state index is 14.5. The first-order valence-corrected chi connectivity index (χ1v) is 14.9. The zero-order valence-corrected chi connectivity index (χ0v) is 26.2. The number of nitrogens with one attached hydrogen (secondary N) is 1. The van der Waals surface area contributed by atoms with Crippen LogP contribution in [-0.2, 0) is 25.3 Å². The molecule has 0 saturated carbocycles. The van der Waals surface area contributed by atoms with E-state index in [0.29, 0.717) is 6.42 Å². The maximum absolute atomic E-state index is 14.5. The van der Waals surface area contributed by atoms with Gasteiger partial charge in [-0.15, -0.1) is 0 Å². The van der Waals surface area contributed by atoms with E-state index in [2.05, 4.69) is 25.5 Å². The Morgan fingerprint density at radius 3 is 2.47 bits per heavy atom. The number of hydrogen-bond donors (Lipinski definition) is 2. The standard InChI is InChI=1S/C32H27F5N6O7.Na.H/c1-3-10-48-17-7-8-18(20(12-17)32(35,36)37)22-13-25(50-42-22)28(31(47)49-11-9-26(44)39-16(2)30(45)46)43-15-24-23(14-38-43)40-29(41-24)19-5-4-6-21(33)27(19)34;;/h4-8,12-16,28H,3,9-11H2,1-2H3,(H,39,44)(H,45,46);;/t16-,28?;;/m0../s1. The van der Waals surface area contributed by atoms with Crippen molar-refractivity contribution in [3.05, 3.63) is 77.8 Å². The number of ether oxygens (including phenoxy) is 2. The molecule has 3 heterocycles. The molecule has 0 saturated heterocycles. The average Bonchev–Trinajstić information content (AvgIpc) is 3.72. The molecule has 0 spiro atoms. The molecule has 0 bridgehead atoms. The van der Waals surface area contributed by atoms with Crippen molar-refractivity contribution in [2.24, 2.45) is 0 Å². The molecule has 1 aromatic heterocycles. The normalized spacial score (nSPS) is 12.5. The molecular formula is C32H28F5N6NaO7. The summed E-state index contributed by atoms with van der Waals surface area (Å²) in [6, 6.07) is 4.93. The van der Waals surface area contributed by atoms with Crippen molar-refractivity contribution in [1.82, 2.24) is 30.2 Å². The number of carboxylic acids is 1. The van der Waals surface area contributed by atoms with E-state index in [1.807, 2.05) is 0 Å². The summed E-state index contributed by atoms with van der Waals surface area (Å²) in [5, 5.41) is 19.1. The number of amides is 1. The van der Waals surface area contributed by atoms with Gasteiger partial charge >= 0.3 is 47.7 Å². The van der Waals surface area contributed by atoms with Crippen LogP contribution in [0.5, 0.6) is 5.75 Å². The second-order valence-corrected chi connectivity index (χ2v) is 10.8. The van der Waals surface area contributed by atoms with Gasteiger partial charge in [0.25, 0.3) is 0 Å². The van der Waals surface area contributed by atoms with Gasteiger partial charge in [-0.3, -0.25) is 9.59 Å². The van der Waals surface area contributed by atoms with Crippen LogP contribution in [-0.4, -0.2) is 96.7 Å². The topological polar surface area (TPSA) is 172 Å². The number of nitrogens with zero attached hydrogens (tertiary/aromatic N) is 5. The van der Waals surface area contributed by atoms with E-state index in [-0.39, 0.29) is 81.7 Å². The van der Waals surface area contributed by atoms with Crippen LogP contribution in [0.3, 0.4) is 0 Å². The van der Waals surface area contributed by atoms with E-state index < -0.39 is 66.3 Å². The summed E-state index contributed by atoms with van der Waals surface area (Å²) in [7, 11) is 0. The number of benzene rings is 2. The molecular weight excluding hydrogens is 698 g/mol. The van der Waals surface area contributed by atoms with E-state index in [4.69, 9.17) is 19.1 Å². The van der Waals surface area contributed by atoms with Crippen LogP contribution in [0.25, 0.3) is 34.0 Å². The molecule has 3 aromatic rings. The monoisotopic (exact) mass is 726 g/mol. The van der Waals surface area contributed by atoms with Gasteiger partial charge < -0.3 is 24.4 Å². The quantitative estimate of drug-likeness (QED) is 0.0984. The fourth-order valence-electron chi connectivity index (χ4n) is 4.67. The van der Waals surface area contributed by atoms with Crippen LogP contribution < -0.4 is 10.1 Å². The Morgan fingerprint density at radius 2 is 1.76 bits per heavy atom. The predicted molar refractivity (Wildman–Crippen MR) is 169 cm³/mol. The SMILES string of the molecule is CCCOc1ccc(-c2cc(C(C(=O)OCCC(=O)N[C@@H](C)C(=O)O)n3cc4nc(-c5cccc(F)c5F)nc-4cn3)on2)c(C(F)(F)F)c1.[NaH]. The molecule has 19 heteroatoms. The van der Waals surface area contributed by atoms with Crippen molar-refractivity contribution in [2.45, 2.75) is 44.9 Å². The van der Waals surface area contributed by atoms with E-state index >= 15 is 0 Å². The molecule has 264 valence electrons. The molecule has 13 nitrogen and oxygen atoms in total. The second kappa shape index (κ2) is 16.4. The van der Waals surface area contributed by atoms with E-state index in [0.717, 1.165) is 35.1 Å². The molecule has 0 fully saturated rings. The number of carbonyl (C=O) groups is 3. The van der Waals surface area contributed by atoms with E-state index in [1.54, 1.807) is 6.92 Å². The molecule has 0 radical (unpaired) electrons. The van der Waals surface area contributed by atoms with Gasteiger partial charge in [0.1, 0.15) is 35.5 Å². The van der Waals surface area contributed by atoms with Crippen molar-refractivity contribution in [1.29, 1.82) is 0 Å². The number of rotatable bonds is 13. The van der Waals surface area contributed by atoms with E-state index in [9.17, 15) is 36.3 Å². The fraction of sp³-hybridized carbons (Fsp3) is 0.281. The number of halogens is 5. The third kappa shape index (κ3) is 9.05. The summed E-state index contributed by atoms with van der Waals surface area (Å²) < 4.78 is 87.6. The number of esters is 1. The van der Waals surface area contributed by atoms with Gasteiger partial charge in [-0.05, 0) is 43.7 Å². The third-order valence-electron chi connectivity index (χ3n) is 7.13. The molecule has 2 N–H and O–H groups in total. The van der Waals surface area contributed by atoms with Gasteiger partial charge in [0, 0.05) is 11.6 Å². The number of carboxylic acid groups (broad SMARTS) is 1. The van der Waals surface area contributed by atoms with Gasteiger partial charge in [-0.25, -0.2) is 28.2 Å². The minimum absolute atomic E-state index is 0. The van der Waals surface area contributed by atoms with Gasteiger partial charge in [0.05, 0.1) is 36.5 Å². The molecule has 2 atom stereocenters. The number of fused-ring (bicyclic) bond motifs is 1. The van der Waals surface area contributed by atoms with E-state index in [1.165, 1.54) is 31.3 Å². The Labute approximate surface area is 307 Å². The van der Waals surface area contributed by atoms with Gasteiger partial charge in [0.2, 0.25) is 11.9 Å². The Hall–Kier alpha value is -4.94. The first-order chi connectivity index (χ1) is 23.8. The molecule has 2 aliphatic rings. The summed E-state index contributed by atoms with van der Waals surface area (Å²) in [4.78, 5) is 45.0. The summed E-state index contributed by atoms with van der Waals surface area (Å²) in [5.41, 5.74) is -1.83. The third-order valence-corrected chi connectivity index (χ3v) is 7.13. The molecule has 51 heavy (non-hydrogen) atoms. The predicted octanol–water partition coefficient (Wildman–Crippen LogP) is 4.65. The minimum atomic E-state index is -4.83. The van der Waals surface area contributed by atoms with Crippen LogP contribution in [0.2, 0.25) is 0 Å². The number of aliphatic carboxylic acids is 1. The number of aromatic nitrogens is 5. The molecule has 2 aromatic carbocycles. The zero-order valence-electron chi connectivity index (χ0n) is 26.2. The van der Waals surface area contributed by atoms with Crippen molar-refractivity contribution in [3.63, 3.8) is 0 Å². The fourth-order valence-corrected chi connectivity index (χ4v) is 4.67. The first kappa shape index (κ1) is 38.9.